The summed E-state index contributed by atoms with van der Waals surface area (Å²) in [5.41, 5.74) is 1.96. The van der Waals surface area contributed by atoms with Crippen molar-refractivity contribution in [3.63, 3.8) is 0 Å². The van der Waals surface area contributed by atoms with E-state index < -0.39 is 6.10 Å². The Kier molecular flexibility index (Phi) is 7.08. The topological polar surface area (TPSA) is 41.9 Å². The van der Waals surface area contributed by atoms with E-state index in [4.69, 9.17) is 9.47 Å². The Morgan fingerprint density at radius 2 is 1.90 bits per heavy atom. The second-order valence-corrected chi connectivity index (χ2v) is 5.33. The number of rotatable bonds is 8. The molecule has 0 aliphatic rings. The van der Waals surface area contributed by atoms with Crippen LogP contribution in [0.3, 0.4) is 0 Å². The molecule has 2 unspecified atom stereocenters. The Morgan fingerprint density at radius 1 is 1.24 bits per heavy atom. The zero-order valence-corrected chi connectivity index (χ0v) is 13.5. The average Bonchev–Trinajstić information content (AvgIpc) is 2.42. The van der Waals surface area contributed by atoms with Gasteiger partial charge in [0.1, 0.15) is 5.82 Å². The van der Waals surface area contributed by atoms with E-state index in [0.717, 1.165) is 5.69 Å². The Labute approximate surface area is 126 Å². The van der Waals surface area contributed by atoms with E-state index in [0.29, 0.717) is 30.9 Å². The van der Waals surface area contributed by atoms with Crippen molar-refractivity contribution in [2.45, 2.75) is 32.9 Å². The highest BCUT2D eigenvalue weighted by Crippen LogP contribution is 2.30. The molecule has 2 atom stereocenters. The van der Waals surface area contributed by atoms with Gasteiger partial charge in [0.05, 0.1) is 19.3 Å². The van der Waals surface area contributed by atoms with Crippen molar-refractivity contribution in [3.8, 4) is 0 Å². The van der Waals surface area contributed by atoms with E-state index >= 15 is 0 Å². The van der Waals surface area contributed by atoms with E-state index in [1.165, 1.54) is 6.07 Å². The predicted octanol–water partition coefficient (Wildman–Crippen LogP) is 2.68. The molecule has 4 nitrogen and oxygen atoms in total. The van der Waals surface area contributed by atoms with Crippen molar-refractivity contribution in [2.24, 2.45) is 0 Å². The number of ether oxygens (including phenoxy) is 2. The van der Waals surface area contributed by atoms with Crippen LogP contribution < -0.4 is 4.90 Å². The molecule has 0 saturated heterocycles. The number of halogens is 1. The molecule has 0 aliphatic carbocycles. The van der Waals surface area contributed by atoms with Crippen molar-refractivity contribution >= 4 is 5.69 Å². The van der Waals surface area contributed by atoms with Gasteiger partial charge in [-0.3, -0.25) is 0 Å². The van der Waals surface area contributed by atoms with Crippen molar-refractivity contribution in [2.75, 3.05) is 38.9 Å². The summed E-state index contributed by atoms with van der Waals surface area (Å²) >= 11 is 0. The Morgan fingerprint density at radius 3 is 2.43 bits per heavy atom. The molecule has 0 aromatic heterocycles. The quantitative estimate of drug-likeness (QED) is 0.801. The van der Waals surface area contributed by atoms with E-state index in [-0.39, 0.29) is 11.9 Å². The fourth-order valence-electron chi connectivity index (χ4n) is 2.36. The van der Waals surface area contributed by atoms with Crippen LogP contribution in [-0.2, 0) is 9.47 Å². The van der Waals surface area contributed by atoms with Gasteiger partial charge in [-0.2, -0.15) is 0 Å². The third-order valence-electron chi connectivity index (χ3n) is 3.54. The lowest BCUT2D eigenvalue weighted by atomic mass is 10.0. The molecular formula is C16H26FNO3. The van der Waals surface area contributed by atoms with E-state index in [9.17, 15) is 9.50 Å². The van der Waals surface area contributed by atoms with Crippen molar-refractivity contribution in [3.05, 3.63) is 29.1 Å². The summed E-state index contributed by atoms with van der Waals surface area (Å²) in [5, 5.41) is 9.95. The average molecular weight is 299 g/mol. The van der Waals surface area contributed by atoms with E-state index in [1.807, 2.05) is 6.92 Å². The van der Waals surface area contributed by atoms with Gasteiger partial charge in [0.25, 0.3) is 0 Å². The Hall–Kier alpha value is -1.17. The van der Waals surface area contributed by atoms with Crippen LogP contribution in [0.25, 0.3) is 0 Å². The molecule has 0 heterocycles. The minimum absolute atomic E-state index is 0.0903. The SMILES string of the molecule is COCCN(c1cc(C)c(F)cc1C(C)O)C(C)COC. The summed E-state index contributed by atoms with van der Waals surface area (Å²) in [7, 11) is 3.29. The number of hydrogen-bond acceptors (Lipinski definition) is 4. The number of hydrogen-bond donors (Lipinski definition) is 1. The molecule has 0 radical (unpaired) electrons. The highest BCUT2D eigenvalue weighted by molar-refractivity contribution is 5.57. The highest BCUT2D eigenvalue weighted by atomic mass is 19.1. The lowest BCUT2D eigenvalue weighted by molar-refractivity contribution is 0.169. The van der Waals surface area contributed by atoms with Gasteiger partial charge in [-0.15, -0.1) is 0 Å². The first-order chi connectivity index (χ1) is 9.92. The van der Waals surface area contributed by atoms with Gasteiger partial charge in [-0.05, 0) is 38.5 Å². The maximum atomic E-state index is 13.8. The summed E-state index contributed by atoms with van der Waals surface area (Å²) in [6.07, 6.45) is -0.741. The summed E-state index contributed by atoms with van der Waals surface area (Å²) in [6.45, 7) is 7.13. The minimum Gasteiger partial charge on any atom is -0.389 e. The van der Waals surface area contributed by atoms with Crippen LogP contribution in [0.15, 0.2) is 12.1 Å². The second kappa shape index (κ2) is 8.32. The maximum Gasteiger partial charge on any atom is 0.126 e. The maximum absolute atomic E-state index is 13.8. The first-order valence-corrected chi connectivity index (χ1v) is 7.15. The van der Waals surface area contributed by atoms with Gasteiger partial charge >= 0.3 is 0 Å². The third-order valence-corrected chi connectivity index (χ3v) is 3.54. The Balaban J connectivity index is 3.24. The molecule has 0 fully saturated rings. The van der Waals surface area contributed by atoms with Gasteiger partial charge in [0, 0.05) is 38.1 Å². The molecule has 5 heteroatoms. The summed E-state index contributed by atoms with van der Waals surface area (Å²) in [6, 6.07) is 3.28. The number of aryl methyl sites for hydroxylation is 1. The minimum atomic E-state index is -0.741. The van der Waals surface area contributed by atoms with E-state index in [1.54, 1.807) is 34.1 Å². The zero-order valence-electron chi connectivity index (χ0n) is 13.5. The van der Waals surface area contributed by atoms with Crippen LogP contribution in [0.2, 0.25) is 0 Å². The number of anilines is 1. The molecule has 0 aliphatic heterocycles. The largest absolute Gasteiger partial charge is 0.389 e. The predicted molar refractivity (Wildman–Crippen MR) is 82.3 cm³/mol. The van der Waals surface area contributed by atoms with Crippen molar-refractivity contribution in [1.29, 1.82) is 0 Å². The molecule has 1 N–H and O–H groups in total. The summed E-state index contributed by atoms with van der Waals surface area (Å²) in [5.74, 6) is -0.305. The summed E-state index contributed by atoms with van der Waals surface area (Å²) in [4.78, 5) is 2.08. The van der Waals surface area contributed by atoms with Crippen molar-refractivity contribution < 1.29 is 19.0 Å². The van der Waals surface area contributed by atoms with Gasteiger partial charge in [-0.25, -0.2) is 4.39 Å². The molecule has 120 valence electrons. The first kappa shape index (κ1) is 17.9. The molecule has 0 amide bonds. The van der Waals surface area contributed by atoms with Crippen molar-refractivity contribution in [1.82, 2.24) is 0 Å². The lowest BCUT2D eigenvalue weighted by Crippen LogP contribution is -2.39. The molecular weight excluding hydrogens is 273 g/mol. The van der Waals surface area contributed by atoms with Crippen LogP contribution in [0, 0.1) is 12.7 Å². The smallest absolute Gasteiger partial charge is 0.126 e. The van der Waals surface area contributed by atoms with Gasteiger partial charge in [-0.1, -0.05) is 0 Å². The molecule has 1 rings (SSSR count). The molecule has 1 aromatic rings. The summed E-state index contributed by atoms with van der Waals surface area (Å²) < 4.78 is 24.2. The fraction of sp³-hybridized carbons (Fsp3) is 0.625. The van der Waals surface area contributed by atoms with Crippen LogP contribution in [0.1, 0.15) is 31.1 Å². The van der Waals surface area contributed by atoms with Gasteiger partial charge < -0.3 is 19.5 Å². The number of nitrogens with zero attached hydrogens (tertiary/aromatic N) is 1. The number of aliphatic hydroxyl groups excluding tert-OH is 1. The zero-order chi connectivity index (χ0) is 16.0. The van der Waals surface area contributed by atoms with Crippen LogP contribution in [-0.4, -0.2) is 45.1 Å². The van der Waals surface area contributed by atoms with Crippen LogP contribution in [0.4, 0.5) is 10.1 Å². The lowest BCUT2D eigenvalue weighted by Gasteiger charge is -2.33. The molecule has 21 heavy (non-hydrogen) atoms. The van der Waals surface area contributed by atoms with E-state index in [2.05, 4.69) is 4.90 Å². The third kappa shape index (κ3) is 4.66. The Bertz CT molecular complexity index is 451. The number of methoxy groups -OCH3 is 2. The fourth-order valence-corrected chi connectivity index (χ4v) is 2.36. The standard InChI is InChI=1S/C16H26FNO3/c1-11-8-16(14(13(3)19)9-15(11)17)18(6-7-20-4)12(2)10-21-5/h8-9,12-13,19H,6-7,10H2,1-5H3. The normalized spacial score (nSPS) is 14.0. The number of benzene rings is 1. The van der Waals surface area contributed by atoms with Gasteiger partial charge in [0.2, 0.25) is 0 Å². The van der Waals surface area contributed by atoms with Gasteiger partial charge in [0.15, 0.2) is 0 Å². The molecule has 0 spiro atoms. The van der Waals surface area contributed by atoms with Crippen LogP contribution >= 0.6 is 0 Å². The molecule has 1 aromatic carbocycles. The second-order valence-electron chi connectivity index (χ2n) is 5.33. The molecule has 0 bridgehead atoms. The monoisotopic (exact) mass is 299 g/mol. The molecule has 0 saturated carbocycles. The highest BCUT2D eigenvalue weighted by Gasteiger charge is 2.21. The van der Waals surface area contributed by atoms with Crippen LogP contribution in [0.5, 0.6) is 0 Å². The number of aliphatic hydroxyl groups is 1. The first-order valence-electron chi connectivity index (χ1n) is 7.15.